The van der Waals surface area contributed by atoms with E-state index in [1.54, 1.807) is 18.2 Å². The first kappa shape index (κ1) is 12.9. The second kappa shape index (κ2) is 5.10. The second-order valence-corrected chi connectivity index (χ2v) is 5.08. The molecule has 0 aliphatic carbocycles. The van der Waals surface area contributed by atoms with E-state index >= 15 is 0 Å². The van der Waals surface area contributed by atoms with Crippen LogP contribution >= 0.6 is 11.6 Å². The minimum atomic E-state index is 0.288. The van der Waals surface area contributed by atoms with Gasteiger partial charge in [0, 0.05) is 17.5 Å². The van der Waals surface area contributed by atoms with Crippen molar-refractivity contribution in [2.75, 3.05) is 0 Å². The summed E-state index contributed by atoms with van der Waals surface area (Å²) in [5.41, 5.74) is 1.98. The number of ether oxygens (including phenoxy) is 1. The lowest BCUT2D eigenvalue weighted by Crippen LogP contribution is -2.01. The summed E-state index contributed by atoms with van der Waals surface area (Å²) < 4.78 is 7.76. The Morgan fingerprint density at radius 3 is 2.60 bits per heavy atom. The quantitative estimate of drug-likeness (QED) is 0.786. The van der Waals surface area contributed by atoms with Crippen LogP contribution < -0.4 is 4.74 Å². The minimum absolute atomic E-state index is 0.288. The van der Waals surface area contributed by atoms with E-state index in [1.807, 2.05) is 41.9 Å². The van der Waals surface area contributed by atoms with Crippen LogP contribution in [0.25, 0.3) is 10.9 Å². The van der Waals surface area contributed by atoms with E-state index in [9.17, 15) is 5.11 Å². The predicted molar refractivity (Wildman–Crippen MR) is 80.4 cm³/mol. The molecule has 1 N–H and O–H groups in total. The Morgan fingerprint density at radius 2 is 1.90 bits per heavy atom. The van der Waals surface area contributed by atoms with E-state index in [1.165, 1.54) is 0 Å². The number of hydrogen-bond donors (Lipinski definition) is 1. The lowest BCUT2D eigenvalue weighted by atomic mass is 10.2. The van der Waals surface area contributed by atoms with Crippen LogP contribution in [0.5, 0.6) is 11.5 Å². The molecular formula is C16H14ClNO2. The number of phenolic OH excluding ortho intramolecular Hbond substituents is 1. The molecule has 1 aromatic heterocycles. The number of benzene rings is 2. The van der Waals surface area contributed by atoms with Gasteiger partial charge < -0.3 is 14.4 Å². The van der Waals surface area contributed by atoms with Crippen LogP contribution in [0.2, 0.25) is 5.02 Å². The van der Waals surface area contributed by atoms with Gasteiger partial charge in [-0.05, 0) is 42.5 Å². The summed E-state index contributed by atoms with van der Waals surface area (Å²) in [5, 5.41) is 11.4. The molecule has 4 heteroatoms. The van der Waals surface area contributed by atoms with Gasteiger partial charge in [-0.2, -0.15) is 0 Å². The molecule has 0 saturated heterocycles. The molecule has 3 nitrogen and oxygen atoms in total. The third-order valence-electron chi connectivity index (χ3n) is 3.36. The first-order valence-corrected chi connectivity index (χ1v) is 6.67. The molecular weight excluding hydrogens is 274 g/mol. The highest BCUT2D eigenvalue weighted by Crippen LogP contribution is 2.27. The van der Waals surface area contributed by atoms with Gasteiger partial charge in [-0.3, -0.25) is 0 Å². The molecule has 0 spiro atoms. The SMILES string of the molecule is Cn1c(COc2ccc(Cl)cc2)cc2c(O)cccc21. The van der Waals surface area contributed by atoms with Gasteiger partial charge in [0.15, 0.2) is 0 Å². The minimum Gasteiger partial charge on any atom is -0.507 e. The number of nitrogens with zero attached hydrogens (tertiary/aromatic N) is 1. The number of hydrogen-bond acceptors (Lipinski definition) is 2. The summed E-state index contributed by atoms with van der Waals surface area (Å²) >= 11 is 5.84. The smallest absolute Gasteiger partial charge is 0.128 e. The zero-order valence-electron chi connectivity index (χ0n) is 11.0. The monoisotopic (exact) mass is 287 g/mol. The Hall–Kier alpha value is -2.13. The molecule has 2 aromatic carbocycles. The zero-order valence-corrected chi connectivity index (χ0v) is 11.8. The van der Waals surface area contributed by atoms with Crippen LogP contribution in [-0.2, 0) is 13.7 Å². The van der Waals surface area contributed by atoms with Crippen molar-refractivity contribution in [2.45, 2.75) is 6.61 Å². The number of aryl methyl sites for hydroxylation is 1. The summed E-state index contributed by atoms with van der Waals surface area (Å²) in [6, 6.07) is 14.7. The van der Waals surface area contributed by atoms with E-state index in [2.05, 4.69) is 0 Å². The first-order valence-electron chi connectivity index (χ1n) is 6.30. The molecule has 102 valence electrons. The van der Waals surface area contributed by atoms with Crippen molar-refractivity contribution in [2.24, 2.45) is 7.05 Å². The summed E-state index contributed by atoms with van der Waals surface area (Å²) in [6.45, 7) is 0.437. The standard InChI is InChI=1S/C16H14ClNO2/c1-18-12(9-14-15(18)3-2-4-16(14)19)10-20-13-7-5-11(17)6-8-13/h2-9,19H,10H2,1H3. The lowest BCUT2D eigenvalue weighted by Gasteiger charge is -2.07. The number of aromatic hydroxyl groups is 1. The molecule has 0 amide bonds. The van der Waals surface area contributed by atoms with Gasteiger partial charge in [0.2, 0.25) is 0 Å². The molecule has 20 heavy (non-hydrogen) atoms. The van der Waals surface area contributed by atoms with Gasteiger partial charge in [-0.25, -0.2) is 0 Å². The Morgan fingerprint density at radius 1 is 1.15 bits per heavy atom. The van der Waals surface area contributed by atoms with Crippen LogP contribution in [0.3, 0.4) is 0 Å². The number of halogens is 1. The van der Waals surface area contributed by atoms with Crippen molar-refractivity contribution in [1.82, 2.24) is 4.57 Å². The third kappa shape index (κ3) is 2.32. The highest BCUT2D eigenvalue weighted by Gasteiger charge is 2.09. The number of rotatable bonds is 3. The van der Waals surface area contributed by atoms with Gasteiger partial charge in [-0.1, -0.05) is 17.7 Å². The molecule has 0 aliphatic rings. The predicted octanol–water partition coefficient (Wildman–Crippen LogP) is 4.12. The zero-order chi connectivity index (χ0) is 14.1. The maximum absolute atomic E-state index is 9.86. The molecule has 3 aromatic rings. The number of phenols is 1. The highest BCUT2D eigenvalue weighted by atomic mass is 35.5. The van der Waals surface area contributed by atoms with E-state index < -0.39 is 0 Å². The van der Waals surface area contributed by atoms with Crippen molar-refractivity contribution in [1.29, 1.82) is 0 Å². The van der Waals surface area contributed by atoms with Crippen LogP contribution in [0.4, 0.5) is 0 Å². The second-order valence-electron chi connectivity index (χ2n) is 4.65. The topological polar surface area (TPSA) is 34.4 Å². The number of aromatic nitrogens is 1. The maximum atomic E-state index is 9.86. The first-order chi connectivity index (χ1) is 9.65. The number of fused-ring (bicyclic) bond motifs is 1. The van der Waals surface area contributed by atoms with Crippen molar-refractivity contribution >= 4 is 22.5 Å². The molecule has 0 aliphatic heterocycles. The van der Waals surface area contributed by atoms with Crippen LogP contribution in [0, 0.1) is 0 Å². The average Bonchev–Trinajstić information content (AvgIpc) is 2.77. The Bertz CT molecular complexity index is 747. The summed E-state index contributed by atoms with van der Waals surface area (Å²) in [5.74, 6) is 1.06. The van der Waals surface area contributed by atoms with Crippen molar-refractivity contribution < 1.29 is 9.84 Å². The lowest BCUT2D eigenvalue weighted by molar-refractivity contribution is 0.298. The molecule has 0 unspecified atom stereocenters. The molecule has 3 rings (SSSR count). The Kier molecular flexibility index (Phi) is 3.28. The largest absolute Gasteiger partial charge is 0.507 e. The van der Waals surface area contributed by atoms with Gasteiger partial charge in [-0.15, -0.1) is 0 Å². The Balaban J connectivity index is 1.86. The Labute approximate surface area is 122 Å². The molecule has 0 atom stereocenters. The fourth-order valence-corrected chi connectivity index (χ4v) is 2.35. The summed E-state index contributed by atoms with van der Waals surface area (Å²) in [7, 11) is 1.96. The van der Waals surface area contributed by atoms with Crippen LogP contribution in [0.1, 0.15) is 5.69 Å². The van der Waals surface area contributed by atoms with Crippen molar-refractivity contribution in [3.63, 3.8) is 0 Å². The molecule has 0 bridgehead atoms. The van der Waals surface area contributed by atoms with Crippen LogP contribution in [0.15, 0.2) is 48.5 Å². The van der Waals surface area contributed by atoms with Crippen molar-refractivity contribution in [3.8, 4) is 11.5 Å². The molecule has 0 saturated carbocycles. The highest BCUT2D eigenvalue weighted by molar-refractivity contribution is 6.30. The third-order valence-corrected chi connectivity index (χ3v) is 3.62. The molecule has 0 radical (unpaired) electrons. The van der Waals surface area contributed by atoms with E-state index in [4.69, 9.17) is 16.3 Å². The fourth-order valence-electron chi connectivity index (χ4n) is 2.23. The van der Waals surface area contributed by atoms with E-state index in [0.29, 0.717) is 11.6 Å². The normalized spacial score (nSPS) is 10.9. The fraction of sp³-hybridized carbons (Fsp3) is 0.125. The maximum Gasteiger partial charge on any atom is 0.128 e. The molecule has 1 heterocycles. The summed E-state index contributed by atoms with van der Waals surface area (Å²) in [4.78, 5) is 0. The molecule has 0 fully saturated rings. The van der Waals surface area contributed by atoms with Crippen molar-refractivity contribution in [3.05, 3.63) is 59.2 Å². The van der Waals surface area contributed by atoms with Gasteiger partial charge in [0.25, 0.3) is 0 Å². The van der Waals surface area contributed by atoms with Gasteiger partial charge in [0.05, 0.1) is 11.2 Å². The van der Waals surface area contributed by atoms with Gasteiger partial charge in [0.1, 0.15) is 18.1 Å². The summed E-state index contributed by atoms with van der Waals surface area (Å²) in [6.07, 6.45) is 0. The van der Waals surface area contributed by atoms with Crippen LogP contribution in [-0.4, -0.2) is 9.67 Å². The van der Waals surface area contributed by atoms with Gasteiger partial charge >= 0.3 is 0 Å². The van der Waals surface area contributed by atoms with E-state index in [-0.39, 0.29) is 5.75 Å². The average molecular weight is 288 g/mol. The van der Waals surface area contributed by atoms with E-state index in [0.717, 1.165) is 22.3 Å².